The fourth-order valence-electron chi connectivity index (χ4n) is 6.47. The minimum atomic E-state index is -5.06. The predicted octanol–water partition coefficient (Wildman–Crippen LogP) is 5.64. The Morgan fingerprint density at radius 2 is 1.30 bits per heavy atom. The van der Waals surface area contributed by atoms with Gasteiger partial charge in [0.1, 0.15) is 0 Å². The zero-order valence-electron chi connectivity index (χ0n) is 20.7. The fourth-order valence-corrected chi connectivity index (χ4v) is 32.3. The molecule has 4 aromatic carbocycles. The topological polar surface area (TPSA) is 29.1 Å². The molecule has 2 aliphatic carbocycles. The summed E-state index contributed by atoms with van der Waals surface area (Å²) in [5.74, 6) is 0.0210. The minimum absolute atomic E-state index is 0.0179. The normalized spacial score (nSPS) is 16.1. The van der Waals surface area contributed by atoms with E-state index in [0.717, 1.165) is 46.3 Å². The van der Waals surface area contributed by atoms with Gasteiger partial charge in [-0.15, -0.1) is 0 Å². The first-order valence-electron chi connectivity index (χ1n) is 13.2. The molecule has 1 saturated carbocycles. The Kier molecular flexibility index (Phi) is 6.71. The third kappa shape index (κ3) is 4.45. The van der Waals surface area contributed by atoms with Crippen LogP contribution in [0.5, 0.6) is 0 Å². The van der Waals surface area contributed by atoms with Crippen molar-refractivity contribution in [2.45, 2.75) is 32.1 Å². The first-order chi connectivity index (χ1) is 17.9. The van der Waals surface area contributed by atoms with E-state index in [0.29, 0.717) is 0 Å². The van der Waals surface area contributed by atoms with Gasteiger partial charge in [-0.1, -0.05) is 0 Å². The molecule has 0 unspecified atom stereocenters. The fraction of sp³-hybridized carbons (Fsp3) is 0.194. The van der Waals surface area contributed by atoms with E-state index in [1.165, 1.54) is 22.3 Å². The summed E-state index contributed by atoms with van der Waals surface area (Å²) in [4.78, 5) is 13.9. The summed E-state index contributed by atoms with van der Waals surface area (Å²) < 4.78 is 4.52. The van der Waals surface area contributed by atoms with Crippen molar-refractivity contribution in [3.63, 3.8) is 0 Å². The molecule has 0 heterocycles. The first kappa shape index (κ1) is 25.2. The van der Waals surface area contributed by atoms with E-state index in [1.807, 2.05) is 12.1 Å². The van der Waals surface area contributed by atoms with Crippen molar-refractivity contribution >= 4 is 45.4 Å². The van der Waals surface area contributed by atoms with Crippen LogP contribution in [-0.2, 0) is 23.9 Å². The Morgan fingerprint density at radius 3 is 1.95 bits per heavy atom. The van der Waals surface area contributed by atoms with E-state index < -0.39 is 19.4 Å². The summed E-state index contributed by atoms with van der Waals surface area (Å²) in [6, 6.07) is 35.8. The van der Waals surface area contributed by atoms with Crippen molar-refractivity contribution in [1.29, 1.82) is 0 Å². The van der Waals surface area contributed by atoms with Crippen molar-refractivity contribution in [2.24, 2.45) is 5.92 Å². The molecule has 1 amide bonds. The molecule has 187 valence electrons. The van der Waals surface area contributed by atoms with Gasteiger partial charge < -0.3 is 0 Å². The SMILES string of the molecule is O=C([NH][Ti]([Cl])([Cl])([c]1cccc2c1Cc1ccccc1-2)[SiH](c1ccccc1)c1ccccc1)C1CCCC1. The van der Waals surface area contributed by atoms with Crippen LogP contribution in [0.15, 0.2) is 103 Å². The van der Waals surface area contributed by atoms with Crippen LogP contribution < -0.4 is 18.0 Å². The number of carbonyl (C=O) groups is 1. The summed E-state index contributed by atoms with van der Waals surface area (Å²) in [6.07, 6.45) is 4.76. The van der Waals surface area contributed by atoms with Crippen LogP contribution in [0.3, 0.4) is 0 Å². The Labute approximate surface area is 228 Å². The maximum absolute atomic E-state index is 13.9. The van der Waals surface area contributed by atoms with Gasteiger partial charge in [-0.3, -0.25) is 0 Å². The molecule has 0 saturated heterocycles. The van der Waals surface area contributed by atoms with Crippen LogP contribution in [0.2, 0.25) is 0 Å². The number of halogens is 2. The molecule has 2 aliphatic rings. The van der Waals surface area contributed by atoms with E-state index in [1.54, 1.807) is 0 Å². The van der Waals surface area contributed by atoms with Crippen molar-refractivity contribution in [3.8, 4) is 11.1 Å². The number of hydrogen-bond donors (Lipinski definition) is 1. The third-order valence-corrected chi connectivity index (χ3v) is 32.3. The van der Waals surface area contributed by atoms with E-state index in [9.17, 15) is 4.79 Å². The molecule has 0 bridgehead atoms. The van der Waals surface area contributed by atoms with Gasteiger partial charge in [0.15, 0.2) is 0 Å². The van der Waals surface area contributed by atoms with Crippen LogP contribution in [-0.4, -0.2) is 12.6 Å². The van der Waals surface area contributed by atoms with Crippen LogP contribution in [0.4, 0.5) is 0 Å². The molecule has 0 aromatic heterocycles. The molecule has 37 heavy (non-hydrogen) atoms. The van der Waals surface area contributed by atoms with Gasteiger partial charge in [0.25, 0.3) is 0 Å². The van der Waals surface area contributed by atoms with Crippen molar-refractivity contribution in [3.05, 3.63) is 114 Å². The summed E-state index contributed by atoms with van der Waals surface area (Å²) in [5.41, 5.74) is 4.89. The zero-order valence-corrected chi connectivity index (χ0v) is 24.9. The average Bonchev–Trinajstić information content (AvgIpc) is 3.58. The molecular formula is C31H30Cl2NOSiTi. The summed E-state index contributed by atoms with van der Waals surface area (Å²) in [7, 11) is 16.3. The average molecular weight is 579 g/mol. The van der Waals surface area contributed by atoms with Crippen molar-refractivity contribution < 1.29 is 17.5 Å². The van der Waals surface area contributed by atoms with E-state index in [4.69, 9.17) is 18.6 Å². The van der Waals surface area contributed by atoms with Gasteiger partial charge in [0, 0.05) is 0 Å². The zero-order chi connectivity index (χ0) is 25.5. The number of amides is 1. The van der Waals surface area contributed by atoms with Gasteiger partial charge in [-0.2, -0.15) is 0 Å². The number of hydrogen-bond acceptors (Lipinski definition) is 1. The van der Waals surface area contributed by atoms with Gasteiger partial charge in [0.05, 0.1) is 0 Å². The monoisotopic (exact) mass is 578 g/mol. The summed E-state index contributed by atoms with van der Waals surface area (Å²) in [5, 5.41) is 2.33. The predicted molar refractivity (Wildman–Crippen MR) is 155 cm³/mol. The van der Waals surface area contributed by atoms with Gasteiger partial charge in [0.2, 0.25) is 0 Å². The van der Waals surface area contributed by atoms with Gasteiger partial charge in [-0.25, -0.2) is 0 Å². The Hall–Kier alpha value is -2.14. The Bertz CT molecular complexity index is 1420. The molecule has 2 nitrogen and oxygen atoms in total. The number of rotatable bonds is 6. The van der Waals surface area contributed by atoms with Crippen LogP contribution in [0.25, 0.3) is 11.1 Å². The van der Waals surface area contributed by atoms with E-state index >= 15 is 0 Å². The second-order valence-electron chi connectivity index (χ2n) is 10.5. The van der Waals surface area contributed by atoms with Gasteiger partial charge >= 0.3 is 230 Å². The van der Waals surface area contributed by atoms with Gasteiger partial charge in [-0.05, 0) is 0 Å². The van der Waals surface area contributed by atoms with E-state index in [-0.39, 0.29) is 11.8 Å². The molecular weight excluding hydrogens is 549 g/mol. The maximum atomic E-state index is 13.9. The number of benzene rings is 4. The molecule has 4 aromatic rings. The molecule has 0 aliphatic heterocycles. The Morgan fingerprint density at radius 1 is 0.730 bits per heavy atom. The quantitative estimate of drug-likeness (QED) is 0.260. The van der Waals surface area contributed by atoms with Crippen LogP contribution >= 0.6 is 18.6 Å². The number of fused-ring (bicyclic) bond motifs is 3. The van der Waals surface area contributed by atoms with Crippen LogP contribution in [0, 0.1) is 5.92 Å². The first-order valence-corrected chi connectivity index (χ1v) is 23.4. The molecule has 0 radical (unpaired) electrons. The van der Waals surface area contributed by atoms with E-state index in [2.05, 4.69) is 94.8 Å². The molecule has 1 fully saturated rings. The second kappa shape index (κ2) is 9.87. The molecule has 0 spiro atoms. The number of carbonyl (C=O) groups excluding carboxylic acids is 1. The standard InChI is InChI=1S/C13H9.C12H11Si.C6H11NO.2ClH.Ti/c1-3-7-12-10(5-1)9-11-6-2-4-8-13(11)12;1-3-7-11(8-4-1)13-12-9-5-2-6-10-12;7-6(8)5-3-1-2-4-5;;;/h1-5,7-8H,9H2;1-10,13H;5H,1-4H2,(H2,7,8);2*1H;/q;;;;;+3/p-3. The molecule has 6 heteroatoms. The second-order valence-corrected chi connectivity index (χ2v) is 35.0. The molecule has 6 rings (SSSR count). The Balaban J connectivity index is 1.61. The summed E-state index contributed by atoms with van der Waals surface area (Å²) >= 11 is -5.06. The van der Waals surface area contributed by atoms with Crippen LogP contribution in [0.1, 0.15) is 36.8 Å². The third-order valence-electron chi connectivity index (χ3n) is 8.20. The molecule has 1 N–H and O–H groups in total. The summed E-state index contributed by atoms with van der Waals surface area (Å²) in [6.45, 7) is -2.36. The molecule has 0 atom stereocenters. The number of nitrogens with one attached hydrogen (secondary N) is 1. The van der Waals surface area contributed by atoms with Crippen molar-refractivity contribution in [1.82, 2.24) is 3.80 Å². The van der Waals surface area contributed by atoms with Crippen molar-refractivity contribution in [2.75, 3.05) is 0 Å².